The molecule has 0 aliphatic heterocycles. The molecule has 1 aromatic carbocycles. The third-order valence-corrected chi connectivity index (χ3v) is 4.74. The second-order valence-electron chi connectivity index (χ2n) is 4.51. The van der Waals surface area contributed by atoms with Gasteiger partial charge in [-0.05, 0) is 18.6 Å². The van der Waals surface area contributed by atoms with Gasteiger partial charge in [0, 0.05) is 12.4 Å². The molecule has 0 saturated carbocycles. The van der Waals surface area contributed by atoms with Gasteiger partial charge in [-0.2, -0.15) is 0 Å². The molecule has 0 spiro atoms. The number of thiophene rings is 1. The van der Waals surface area contributed by atoms with E-state index in [0.29, 0.717) is 15.8 Å². The van der Waals surface area contributed by atoms with Crippen molar-refractivity contribution in [3.05, 3.63) is 45.1 Å². The number of carbonyl (C=O) groups is 1. The van der Waals surface area contributed by atoms with E-state index in [4.69, 9.17) is 5.73 Å². The van der Waals surface area contributed by atoms with E-state index in [2.05, 4.69) is 0 Å². The summed E-state index contributed by atoms with van der Waals surface area (Å²) in [7, 11) is 1.74. The Balaban J connectivity index is 2.67. The van der Waals surface area contributed by atoms with Gasteiger partial charge in [-0.1, -0.05) is 18.2 Å². The predicted molar refractivity (Wildman–Crippen MR) is 77.8 cm³/mol. The summed E-state index contributed by atoms with van der Waals surface area (Å²) in [5, 5.41) is 1.57. The Bertz CT molecular complexity index is 890. The third kappa shape index (κ3) is 1.51. The van der Waals surface area contributed by atoms with E-state index in [1.165, 1.54) is 11.3 Å². The molecular formula is C14H12N2O2S. The highest BCUT2D eigenvalue weighted by molar-refractivity contribution is 7.22. The largest absolute Gasteiger partial charge is 0.365 e. The summed E-state index contributed by atoms with van der Waals surface area (Å²) < 4.78 is 2.45. The lowest BCUT2D eigenvalue weighted by Crippen LogP contribution is -2.17. The monoisotopic (exact) mass is 272 g/mol. The lowest BCUT2D eigenvalue weighted by molar-refractivity contribution is 0.100. The fraction of sp³-hybridized carbons (Fsp3) is 0.143. The molecule has 0 radical (unpaired) electrons. The predicted octanol–water partition coefficient (Wildman–Crippen LogP) is 2.16. The molecule has 2 heterocycles. The van der Waals surface area contributed by atoms with Crippen LogP contribution in [-0.4, -0.2) is 10.5 Å². The van der Waals surface area contributed by atoms with Crippen molar-refractivity contribution in [1.82, 2.24) is 4.57 Å². The zero-order valence-electron chi connectivity index (χ0n) is 10.6. The fourth-order valence-corrected chi connectivity index (χ4v) is 3.62. The van der Waals surface area contributed by atoms with Crippen LogP contribution in [0.2, 0.25) is 0 Å². The van der Waals surface area contributed by atoms with Gasteiger partial charge in [-0.15, -0.1) is 11.3 Å². The van der Waals surface area contributed by atoms with Crippen LogP contribution in [0.15, 0.2) is 29.1 Å². The Hall–Kier alpha value is -2.14. The number of para-hydroxylation sites is 1. The summed E-state index contributed by atoms with van der Waals surface area (Å²) >= 11 is 1.30. The lowest BCUT2D eigenvalue weighted by Gasteiger charge is -2.05. The Kier molecular flexibility index (Phi) is 2.46. The summed E-state index contributed by atoms with van der Waals surface area (Å²) in [6.07, 6.45) is 0. The summed E-state index contributed by atoms with van der Waals surface area (Å²) in [6.45, 7) is 1.77. The second-order valence-corrected chi connectivity index (χ2v) is 5.53. The second kappa shape index (κ2) is 3.93. The maximum Gasteiger partial charge on any atom is 0.259 e. The van der Waals surface area contributed by atoms with Gasteiger partial charge in [0.25, 0.3) is 11.5 Å². The van der Waals surface area contributed by atoms with E-state index >= 15 is 0 Å². The maximum atomic E-state index is 12.4. The van der Waals surface area contributed by atoms with Crippen molar-refractivity contribution in [1.29, 1.82) is 0 Å². The highest BCUT2D eigenvalue weighted by Crippen LogP contribution is 2.33. The Morgan fingerprint density at radius 1 is 1.32 bits per heavy atom. The molecule has 0 unspecified atom stereocenters. The molecule has 4 nitrogen and oxygen atoms in total. The number of benzene rings is 1. The van der Waals surface area contributed by atoms with Gasteiger partial charge in [0.2, 0.25) is 0 Å². The molecule has 2 N–H and O–H groups in total. The normalized spacial score (nSPS) is 11.3. The number of fused-ring (bicyclic) bond motifs is 3. The minimum absolute atomic E-state index is 0.0880. The molecule has 3 rings (SSSR count). The molecule has 5 heteroatoms. The minimum atomic E-state index is -0.482. The van der Waals surface area contributed by atoms with Crippen LogP contribution in [0.4, 0.5) is 0 Å². The Morgan fingerprint density at radius 2 is 2.00 bits per heavy atom. The highest BCUT2D eigenvalue weighted by Gasteiger charge is 2.18. The molecule has 0 aliphatic rings. The van der Waals surface area contributed by atoms with Gasteiger partial charge in [0.05, 0.1) is 20.5 Å². The number of aryl methyl sites for hydroxylation is 2. The molecule has 0 fully saturated rings. The molecule has 2 aromatic heterocycles. The van der Waals surface area contributed by atoms with Crippen LogP contribution >= 0.6 is 11.3 Å². The van der Waals surface area contributed by atoms with E-state index in [9.17, 15) is 9.59 Å². The van der Waals surface area contributed by atoms with E-state index in [-0.39, 0.29) is 5.56 Å². The quantitative estimate of drug-likeness (QED) is 0.737. The van der Waals surface area contributed by atoms with Crippen LogP contribution in [0.3, 0.4) is 0 Å². The molecule has 1 amide bonds. The fourth-order valence-electron chi connectivity index (χ4n) is 2.43. The molecular weight excluding hydrogens is 260 g/mol. The van der Waals surface area contributed by atoms with Crippen molar-refractivity contribution in [3.8, 4) is 0 Å². The van der Waals surface area contributed by atoms with Gasteiger partial charge in [0.1, 0.15) is 0 Å². The first-order valence-corrected chi connectivity index (χ1v) is 6.64. The summed E-state index contributed by atoms with van der Waals surface area (Å²) in [5.74, 6) is -0.482. The number of carbonyl (C=O) groups excluding carboxylic acids is 1. The van der Waals surface area contributed by atoms with Crippen molar-refractivity contribution >= 4 is 38.2 Å². The molecule has 19 heavy (non-hydrogen) atoms. The number of hydrogen-bond acceptors (Lipinski definition) is 3. The van der Waals surface area contributed by atoms with E-state index in [0.717, 1.165) is 15.6 Å². The molecule has 3 aromatic rings. The first-order valence-electron chi connectivity index (χ1n) is 5.83. The molecule has 0 aliphatic carbocycles. The van der Waals surface area contributed by atoms with Crippen LogP contribution in [0.25, 0.3) is 21.0 Å². The minimum Gasteiger partial charge on any atom is -0.365 e. The van der Waals surface area contributed by atoms with Gasteiger partial charge in [0.15, 0.2) is 0 Å². The summed E-state index contributed by atoms with van der Waals surface area (Å²) in [5.41, 5.74) is 6.82. The van der Waals surface area contributed by atoms with E-state index < -0.39 is 5.91 Å². The average molecular weight is 272 g/mol. The first kappa shape index (κ1) is 11.9. The van der Waals surface area contributed by atoms with Crippen LogP contribution in [-0.2, 0) is 7.05 Å². The van der Waals surface area contributed by atoms with Gasteiger partial charge >= 0.3 is 0 Å². The highest BCUT2D eigenvalue weighted by atomic mass is 32.1. The number of pyridine rings is 1. The Labute approximate surface area is 113 Å². The Morgan fingerprint density at radius 3 is 2.68 bits per heavy atom. The zero-order valence-corrected chi connectivity index (χ0v) is 11.4. The van der Waals surface area contributed by atoms with Crippen LogP contribution in [0.1, 0.15) is 15.2 Å². The number of aromatic nitrogens is 1. The van der Waals surface area contributed by atoms with Crippen LogP contribution in [0.5, 0.6) is 0 Å². The number of nitrogens with zero attached hydrogens (tertiary/aromatic N) is 1. The average Bonchev–Trinajstić information content (AvgIpc) is 2.74. The number of nitrogens with two attached hydrogens (primary N) is 1. The molecule has 0 saturated heterocycles. The van der Waals surface area contributed by atoms with Crippen LogP contribution in [0, 0.1) is 6.92 Å². The van der Waals surface area contributed by atoms with Crippen molar-refractivity contribution in [2.75, 3.05) is 0 Å². The lowest BCUT2D eigenvalue weighted by atomic mass is 10.1. The SMILES string of the molecule is Cc1c(C(N)=O)sc2c1c(=O)n(C)c1ccccc21. The van der Waals surface area contributed by atoms with E-state index in [1.54, 1.807) is 18.5 Å². The van der Waals surface area contributed by atoms with Crippen molar-refractivity contribution in [2.24, 2.45) is 12.8 Å². The number of rotatable bonds is 1. The topological polar surface area (TPSA) is 65.1 Å². The van der Waals surface area contributed by atoms with Crippen molar-refractivity contribution in [2.45, 2.75) is 6.92 Å². The van der Waals surface area contributed by atoms with Gasteiger partial charge < -0.3 is 10.3 Å². The number of amides is 1. The first-order chi connectivity index (χ1) is 9.02. The van der Waals surface area contributed by atoms with Crippen LogP contribution < -0.4 is 11.3 Å². The van der Waals surface area contributed by atoms with Gasteiger partial charge in [-0.3, -0.25) is 9.59 Å². The van der Waals surface area contributed by atoms with Gasteiger partial charge in [-0.25, -0.2) is 0 Å². The molecule has 96 valence electrons. The summed E-state index contributed by atoms with van der Waals surface area (Å²) in [4.78, 5) is 24.3. The number of hydrogen-bond donors (Lipinski definition) is 1. The van der Waals surface area contributed by atoms with E-state index in [1.807, 2.05) is 24.3 Å². The molecule has 0 bridgehead atoms. The number of primary amides is 1. The molecule has 0 atom stereocenters. The van der Waals surface area contributed by atoms with Crippen molar-refractivity contribution in [3.63, 3.8) is 0 Å². The van der Waals surface area contributed by atoms with Crippen molar-refractivity contribution < 1.29 is 4.79 Å². The zero-order chi connectivity index (χ0) is 13.7. The third-order valence-electron chi connectivity index (χ3n) is 3.40. The maximum absolute atomic E-state index is 12.4. The smallest absolute Gasteiger partial charge is 0.259 e. The summed E-state index contributed by atoms with van der Waals surface area (Å²) in [6, 6.07) is 7.67. The standard InChI is InChI=1S/C14H12N2O2S/c1-7-10-12(19-11(7)13(15)17)8-5-3-4-6-9(8)16(2)14(10)18/h3-6H,1-2H3,(H2,15,17).